The van der Waals surface area contributed by atoms with Gasteiger partial charge in [-0.2, -0.15) is 0 Å². The van der Waals surface area contributed by atoms with Crippen LogP contribution >= 0.6 is 22.9 Å². The minimum absolute atomic E-state index is 0.0129. The standard InChI is InChI=1S/C23H26ClNO4S/c1-28-20-7-6-15(12-18(20)24)8-9-23(16-4-2-3-5-16)14-19(26)17(22(27)29-23)13-21-25-10-11-30-21/h6-7,10-12,16-17H,2-5,8-9,13-14H2,1H3. The molecule has 5 nitrogen and oxygen atoms in total. The summed E-state index contributed by atoms with van der Waals surface area (Å²) in [6.07, 6.45) is 7.89. The predicted octanol–water partition coefficient (Wildman–Crippen LogP) is 5.04. The smallest absolute Gasteiger partial charge is 0.317 e. The molecule has 1 aliphatic heterocycles. The Hall–Kier alpha value is -1.92. The lowest BCUT2D eigenvalue weighted by molar-refractivity contribution is -0.185. The second-order valence-electron chi connectivity index (χ2n) is 8.26. The van der Waals surface area contributed by atoms with Gasteiger partial charge in [0.25, 0.3) is 0 Å². The van der Waals surface area contributed by atoms with Gasteiger partial charge in [-0.15, -0.1) is 11.3 Å². The van der Waals surface area contributed by atoms with Crippen LogP contribution in [-0.4, -0.2) is 29.4 Å². The van der Waals surface area contributed by atoms with Gasteiger partial charge in [-0.25, -0.2) is 4.98 Å². The fourth-order valence-corrected chi connectivity index (χ4v) is 5.77. The molecule has 1 saturated carbocycles. The van der Waals surface area contributed by atoms with E-state index < -0.39 is 11.5 Å². The molecule has 2 unspecified atom stereocenters. The second-order valence-corrected chi connectivity index (χ2v) is 9.65. The number of carbonyl (C=O) groups excluding carboxylic acids is 2. The molecule has 2 heterocycles. The van der Waals surface area contributed by atoms with Crippen molar-refractivity contribution in [1.29, 1.82) is 0 Å². The Morgan fingerprint density at radius 3 is 2.73 bits per heavy atom. The molecule has 2 aromatic rings. The molecule has 1 saturated heterocycles. The highest BCUT2D eigenvalue weighted by Gasteiger charge is 2.51. The summed E-state index contributed by atoms with van der Waals surface area (Å²) >= 11 is 7.74. The summed E-state index contributed by atoms with van der Waals surface area (Å²) < 4.78 is 11.4. The first-order valence-corrected chi connectivity index (χ1v) is 11.7. The van der Waals surface area contributed by atoms with Gasteiger partial charge in [-0.05, 0) is 49.3 Å². The summed E-state index contributed by atoms with van der Waals surface area (Å²) in [5.41, 5.74) is 0.336. The topological polar surface area (TPSA) is 65.5 Å². The van der Waals surface area contributed by atoms with Crippen LogP contribution in [-0.2, 0) is 27.2 Å². The third-order valence-corrected chi connectivity index (χ3v) is 7.56. The Labute approximate surface area is 185 Å². The summed E-state index contributed by atoms with van der Waals surface area (Å²) in [7, 11) is 1.59. The monoisotopic (exact) mass is 447 g/mol. The quantitative estimate of drug-likeness (QED) is 0.439. The van der Waals surface area contributed by atoms with E-state index in [4.69, 9.17) is 21.1 Å². The van der Waals surface area contributed by atoms with E-state index in [1.807, 2.05) is 23.6 Å². The number of aromatic nitrogens is 1. The second kappa shape index (κ2) is 9.06. The number of ketones is 1. The van der Waals surface area contributed by atoms with Crippen molar-refractivity contribution in [3.05, 3.63) is 45.4 Å². The van der Waals surface area contributed by atoms with Gasteiger partial charge < -0.3 is 9.47 Å². The largest absolute Gasteiger partial charge is 0.495 e. The van der Waals surface area contributed by atoms with E-state index in [2.05, 4.69) is 4.98 Å². The first kappa shape index (κ1) is 21.3. The average molecular weight is 448 g/mol. The molecule has 1 aliphatic carbocycles. The number of carbonyl (C=O) groups is 2. The molecule has 0 amide bonds. The molecule has 0 radical (unpaired) electrons. The van der Waals surface area contributed by atoms with Crippen LogP contribution < -0.4 is 4.74 Å². The number of hydrogen-bond acceptors (Lipinski definition) is 6. The fraction of sp³-hybridized carbons (Fsp3) is 0.522. The molecule has 1 aromatic carbocycles. The first-order valence-electron chi connectivity index (χ1n) is 10.5. The predicted molar refractivity (Wildman–Crippen MR) is 116 cm³/mol. The molecular formula is C23H26ClNO4S. The van der Waals surface area contributed by atoms with E-state index in [0.29, 0.717) is 36.5 Å². The van der Waals surface area contributed by atoms with Gasteiger partial charge in [0.2, 0.25) is 0 Å². The summed E-state index contributed by atoms with van der Waals surface area (Å²) in [6.45, 7) is 0. The number of Topliss-reactive ketones (excluding diaryl/α,β-unsaturated/α-hetero) is 1. The van der Waals surface area contributed by atoms with E-state index in [-0.39, 0.29) is 17.7 Å². The Morgan fingerprint density at radius 1 is 1.30 bits per heavy atom. The van der Waals surface area contributed by atoms with Crippen LogP contribution in [0.25, 0.3) is 0 Å². The number of cyclic esters (lactones) is 1. The molecule has 1 aromatic heterocycles. The molecule has 7 heteroatoms. The van der Waals surface area contributed by atoms with Crippen molar-refractivity contribution in [3.8, 4) is 5.75 Å². The Balaban J connectivity index is 1.52. The van der Waals surface area contributed by atoms with E-state index >= 15 is 0 Å². The number of halogens is 1. The van der Waals surface area contributed by atoms with Crippen LogP contribution in [0.5, 0.6) is 5.75 Å². The molecule has 4 rings (SSSR count). The molecule has 160 valence electrons. The average Bonchev–Trinajstić information content (AvgIpc) is 3.44. The van der Waals surface area contributed by atoms with Gasteiger partial charge in [-0.1, -0.05) is 30.5 Å². The Kier molecular flexibility index (Phi) is 6.44. The van der Waals surface area contributed by atoms with Gasteiger partial charge in [-0.3, -0.25) is 9.59 Å². The minimum atomic E-state index is -0.735. The highest BCUT2D eigenvalue weighted by Crippen LogP contribution is 2.45. The van der Waals surface area contributed by atoms with Crippen LogP contribution in [0, 0.1) is 11.8 Å². The summed E-state index contributed by atoms with van der Waals surface area (Å²) in [5.74, 6) is -0.265. The lowest BCUT2D eigenvalue weighted by Gasteiger charge is -2.43. The fourth-order valence-electron chi connectivity index (χ4n) is 4.83. The highest BCUT2D eigenvalue weighted by molar-refractivity contribution is 7.09. The van der Waals surface area contributed by atoms with Crippen LogP contribution in [0.4, 0.5) is 0 Å². The van der Waals surface area contributed by atoms with Gasteiger partial charge in [0.1, 0.15) is 17.3 Å². The summed E-state index contributed by atoms with van der Waals surface area (Å²) in [4.78, 5) is 30.3. The van der Waals surface area contributed by atoms with Crippen molar-refractivity contribution in [2.45, 2.75) is 57.0 Å². The normalized spacial score (nSPS) is 24.8. The number of thiazole rings is 1. The molecule has 0 bridgehead atoms. The first-order chi connectivity index (χ1) is 14.5. The van der Waals surface area contributed by atoms with Gasteiger partial charge >= 0.3 is 5.97 Å². The molecule has 2 atom stereocenters. The summed E-state index contributed by atoms with van der Waals surface area (Å²) in [6, 6.07) is 5.72. The number of aryl methyl sites for hydroxylation is 1. The number of ether oxygens (including phenoxy) is 2. The van der Waals surface area contributed by atoms with Crippen molar-refractivity contribution >= 4 is 34.7 Å². The molecule has 0 N–H and O–H groups in total. The minimum Gasteiger partial charge on any atom is -0.495 e. The number of hydrogen-bond donors (Lipinski definition) is 0. The molecule has 2 fully saturated rings. The SMILES string of the molecule is COc1ccc(CCC2(C3CCCC3)CC(=O)C(Cc3nccs3)C(=O)O2)cc1Cl. The van der Waals surface area contributed by atoms with Gasteiger partial charge in [0.05, 0.1) is 17.1 Å². The van der Waals surface area contributed by atoms with Gasteiger partial charge in [0.15, 0.2) is 5.78 Å². The zero-order chi connectivity index (χ0) is 21.1. The number of rotatable bonds is 7. The zero-order valence-corrected chi connectivity index (χ0v) is 18.6. The van der Waals surface area contributed by atoms with Crippen molar-refractivity contribution in [2.75, 3.05) is 7.11 Å². The van der Waals surface area contributed by atoms with E-state index in [9.17, 15) is 9.59 Å². The maximum absolute atomic E-state index is 13.1. The number of nitrogens with zero attached hydrogens (tertiary/aromatic N) is 1. The van der Waals surface area contributed by atoms with Crippen molar-refractivity contribution in [1.82, 2.24) is 4.98 Å². The molecule has 30 heavy (non-hydrogen) atoms. The molecule has 0 spiro atoms. The van der Waals surface area contributed by atoms with Crippen LogP contribution in [0.1, 0.15) is 49.1 Å². The zero-order valence-electron chi connectivity index (χ0n) is 17.1. The molecular weight excluding hydrogens is 422 g/mol. The highest BCUT2D eigenvalue weighted by atomic mass is 35.5. The van der Waals surface area contributed by atoms with Crippen molar-refractivity contribution < 1.29 is 19.1 Å². The third kappa shape index (κ3) is 4.40. The van der Waals surface area contributed by atoms with Crippen LogP contribution in [0.2, 0.25) is 5.02 Å². The van der Waals surface area contributed by atoms with Crippen molar-refractivity contribution in [2.24, 2.45) is 11.8 Å². The van der Waals surface area contributed by atoms with E-state index in [1.54, 1.807) is 13.3 Å². The van der Waals surface area contributed by atoms with E-state index in [1.165, 1.54) is 11.3 Å². The number of methoxy groups -OCH3 is 1. The Morgan fingerprint density at radius 2 is 2.10 bits per heavy atom. The number of esters is 1. The lowest BCUT2D eigenvalue weighted by Crippen LogP contribution is -2.52. The Bertz CT molecular complexity index is 890. The third-order valence-electron chi connectivity index (χ3n) is 6.46. The number of benzene rings is 1. The maximum Gasteiger partial charge on any atom is 0.317 e. The van der Waals surface area contributed by atoms with E-state index in [0.717, 1.165) is 36.3 Å². The summed E-state index contributed by atoms with van der Waals surface area (Å²) in [5, 5.41) is 3.22. The van der Waals surface area contributed by atoms with Crippen LogP contribution in [0.15, 0.2) is 29.8 Å². The van der Waals surface area contributed by atoms with Crippen LogP contribution in [0.3, 0.4) is 0 Å². The van der Waals surface area contributed by atoms with Crippen molar-refractivity contribution in [3.63, 3.8) is 0 Å². The molecule has 2 aliphatic rings. The van der Waals surface area contributed by atoms with Gasteiger partial charge in [0, 0.05) is 24.4 Å². The lowest BCUT2D eigenvalue weighted by atomic mass is 9.74. The maximum atomic E-state index is 13.1.